The Hall–Kier alpha value is -2.20. The van der Waals surface area contributed by atoms with Crippen LogP contribution in [0.2, 0.25) is 0 Å². The van der Waals surface area contributed by atoms with E-state index in [0.717, 1.165) is 32.1 Å². The third-order valence-corrected chi connectivity index (χ3v) is 4.60. The first-order valence-electron chi connectivity index (χ1n) is 10.7. The normalized spacial score (nSPS) is 25.4. The molecule has 1 aliphatic rings. The average molecular weight is 446 g/mol. The van der Waals surface area contributed by atoms with Gasteiger partial charge in [-0.25, -0.2) is 0 Å². The lowest BCUT2D eigenvalue weighted by atomic mass is 9.96. The molecule has 0 aliphatic carbocycles. The summed E-state index contributed by atoms with van der Waals surface area (Å²) in [5, 5.41) is 2.67. The summed E-state index contributed by atoms with van der Waals surface area (Å²) in [5.41, 5.74) is 0. The number of esters is 3. The summed E-state index contributed by atoms with van der Waals surface area (Å²) in [7, 11) is 0. The number of unbranched alkanes of at least 4 members (excludes halogenated alkanes) is 4. The Morgan fingerprint density at radius 2 is 1.45 bits per heavy atom. The van der Waals surface area contributed by atoms with E-state index in [-0.39, 0.29) is 6.61 Å². The Morgan fingerprint density at radius 3 is 2.00 bits per heavy atom. The molecule has 1 aliphatic heterocycles. The van der Waals surface area contributed by atoms with Crippen molar-refractivity contribution in [3.63, 3.8) is 0 Å². The van der Waals surface area contributed by atoms with Gasteiger partial charge in [-0.1, -0.05) is 32.6 Å². The zero-order valence-electron chi connectivity index (χ0n) is 19.0. The zero-order valence-corrected chi connectivity index (χ0v) is 19.0. The van der Waals surface area contributed by atoms with Crippen LogP contribution in [-0.2, 0) is 42.9 Å². The maximum Gasteiger partial charge on any atom is 0.303 e. The van der Waals surface area contributed by atoms with Crippen LogP contribution in [0.3, 0.4) is 0 Å². The van der Waals surface area contributed by atoms with E-state index < -0.39 is 54.5 Å². The monoisotopic (exact) mass is 445 g/mol. The van der Waals surface area contributed by atoms with Gasteiger partial charge in [-0.05, 0) is 6.42 Å². The van der Waals surface area contributed by atoms with Crippen LogP contribution in [0.1, 0.15) is 66.7 Å². The Morgan fingerprint density at radius 1 is 0.839 bits per heavy atom. The van der Waals surface area contributed by atoms with Crippen molar-refractivity contribution in [3.05, 3.63) is 0 Å². The number of nitrogens with one attached hydrogen (secondary N) is 1. The first kappa shape index (κ1) is 26.8. The third kappa shape index (κ3) is 10.1. The second-order valence-corrected chi connectivity index (χ2v) is 7.50. The fourth-order valence-electron chi connectivity index (χ4n) is 3.34. The first-order chi connectivity index (χ1) is 14.6. The van der Waals surface area contributed by atoms with Crippen molar-refractivity contribution >= 4 is 23.8 Å². The van der Waals surface area contributed by atoms with Crippen molar-refractivity contribution in [2.45, 2.75) is 97.4 Å². The molecular weight excluding hydrogens is 410 g/mol. The maximum absolute atomic E-state index is 11.8. The van der Waals surface area contributed by atoms with Gasteiger partial charge >= 0.3 is 17.9 Å². The van der Waals surface area contributed by atoms with Crippen molar-refractivity contribution in [3.8, 4) is 0 Å². The van der Waals surface area contributed by atoms with E-state index in [9.17, 15) is 19.2 Å². The highest BCUT2D eigenvalue weighted by atomic mass is 16.7. The summed E-state index contributed by atoms with van der Waals surface area (Å²) in [6.07, 6.45) is 0.957. The molecule has 0 aromatic carbocycles. The fraction of sp³-hybridized carbons (Fsp3) is 0.810. The van der Waals surface area contributed by atoms with Gasteiger partial charge in [0.05, 0.1) is 0 Å². The van der Waals surface area contributed by atoms with Gasteiger partial charge in [0.2, 0.25) is 5.91 Å². The zero-order chi connectivity index (χ0) is 23.4. The number of ether oxygens (including phenoxy) is 5. The van der Waals surface area contributed by atoms with E-state index in [1.165, 1.54) is 27.7 Å². The number of carbonyl (C=O) groups is 4. The molecule has 0 spiro atoms. The average Bonchev–Trinajstić information content (AvgIpc) is 2.66. The molecule has 5 atom stereocenters. The van der Waals surface area contributed by atoms with Crippen LogP contribution in [0.5, 0.6) is 0 Å². The Balaban J connectivity index is 3.07. The molecule has 31 heavy (non-hydrogen) atoms. The van der Waals surface area contributed by atoms with Gasteiger partial charge in [0, 0.05) is 34.3 Å². The molecule has 0 saturated carbocycles. The molecule has 1 fully saturated rings. The van der Waals surface area contributed by atoms with Gasteiger partial charge in [0.1, 0.15) is 18.8 Å². The summed E-state index contributed by atoms with van der Waals surface area (Å²) in [5.74, 6) is -2.23. The maximum atomic E-state index is 11.8. The Kier molecular flexibility index (Phi) is 12.1. The topological polar surface area (TPSA) is 126 Å². The summed E-state index contributed by atoms with van der Waals surface area (Å²) in [6, 6.07) is -0.921. The van der Waals surface area contributed by atoms with Gasteiger partial charge in [0.15, 0.2) is 18.5 Å². The van der Waals surface area contributed by atoms with E-state index in [0.29, 0.717) is 6.61 Å². The molecule has 0 unspecified atom stereocenters. The lowest BCUT2D eigenvalue weighted by Gasteiger charge is -2.44. The van der Waals surface area contributed by atoms with Crippen LogP contribution < -0.4 is 5.32 Å². The number of rotatable bonds is 12. The van der Waals surface area contributed by atoms with Crippen molar-refractivity contribution in [1.82, 2.24) is 5.32 Å². The number of carbonyl (C=O) groups excluding carboxylic acids is 4. The van der Waals surface area contributed by atoms with Crippen molar-refractivity contribution in [2.75, 3.05) is 13.2 Å². The molecule has 0 radical (unpaired) electrons. The molecule has 0 aromatic rings. The second-order valence-electron chi connectivity index (χ2n) is 7.50. The van der Waals surface area contributed by atoms with Gasteiger partial charge in [-0.3, -0.25) is 19.2 Å². The van der Waals surface area contributed by atoms with E-state index in [2.05, 4.69) is 12.2 Å². The van der Waals surface area contributed by atoms with Crippen LogP contribution in [0.4, 0.5) is 0 Å². The van der Waals surface area contributed by atoms with Crippen LogP contribution in [-0.4, -0.2) is 67.7 Å². The van der Waals surface area contributed by atoms with Crippen LogP contribution in [0.15, 0.2) is 0 Å². The molecule has 10 heteroatoms. The van der Waals surface area contributed by atoms with Gasteiger partial charge in [0.25, 0.3) is 0 Å². The Labute approximate surface area is 183 Å². The third-order valence-electron chi connectivity index (χ3n) is 4.60. The molecule has 1 heterocycles. The van der Waals surface area contributed by atoms with E-state index in [1.54, 1.807) is 0 Å². The van der Waals surface area contributed by atoms with Gasteiger partial charge < -0.3 is 29.0 Å². The number of hydrogen-bond acceptors (Lipinski definition) is 9. The van der Waals surface area contributed by atoms with Crippen LogP contribution in [0, 0.1) is 0 Å². The summed E-state index contributed by atoms with van der Waals surface area (Å²) in [6.45, 7) is 7.18. The predicted octanol–water partition coefficient (Wildman–Crippen LogP) is 1.63. The van der Waals surface area contributed by atoms with Gasteiger partial charge in [-0.2, -0.15) is 0 Å². The molecule has 1 amide bonds. The molecule has 0 bridgehead atoms. The van der Waals surface area contributed by atoms with Gasteiger partial charge in [-0.15, -0.1) is 0 Å². The highest BCUT2D eigenvalue weighted by Crippen LogP contribution is 2.28. The SMILES string of the molecule is CCCCCCCO[C@@H]1O[C@@H](COC(C)=O)[C@@H](OC(C)=O)[C@@H](OC(C)=O)[C@H]1NC(C)=O. The Bertz CT molecular complexity index is 610. The van der Waals surface area contributed by atoms with Crippen LogP contribution in [0.25, 0.3) is 0 Å². The van der Waals surface area contributed by atoms with Crippen molar-refractivity contribution in [2.24, 2.45) is 0 Å². The smallest absolute Gasteiger partial charge is 0.303 e. The van der Waals surface area contributed by atoms with E-state index >= 15 is 0 Å². The molecule has 1 rings (SSSR count). The number of amides is 1. The van der Waals surface area contributed by atoms with Crippen LogP contribution >= 0.6 is 0 Å². The lowest BCUT2D eigenvalue weighted by Crippen LogP contribution is -2.66. The minimum Gasteiger partial charge on any atom is -0.463 e. The molecule has 178 valence electrons. The molecule has 1 saturated heterocycles. The summed E-state index contributed by atoms with van der Waals surface area (Å²) >= 11 is 0. The number of hydrogen-bond donors (Lipinski definition) is 1. The predicted molar refractivity (Wildman–Crippen MR) is 109 cm³/mol. The molecule has 10 nitrogen and oxygen atoms in total. The minimum absolute atomic E-state index is 0.242. The summed E-state index contributed by atoms with van der Waals surface area (Å²) in [4.78, 5) is 46.6. The molecule has 0 aromatic heterocycles. The quantitative estimate of drug-likeness (QED) is 0.271. The fourth-order valence-corrected chi connectivity index (χ4v) is 3.34. The van der Waals surface area contributed by atoms with E-state index in [1.807, 2.05) is 0 Å². The second kappa shape index (κ2) is 14.0. The molecular formula is C21H35NO9. The lowest BCUT2D eigenvalue weighted by molar-refractivity contribution is -0.277. The highest BCUT2D eigenvalue weighted by molar-refractivity contribution is 5.73. The standard InChI is InChI=1S/C21H35NO9/c1-6-7-8-9-10-11-27-21-18(22-13(2)23)20(30-16(5)26)19(29-15(4)25)17(31-21)12-28-14(3)24/h17-21H,6-12H2,1-5H3,(H,22,23)/t17-,18+,19+,20-,21+/m0/s1. The highest BCUT2D eigenvalue weighted by Gasteiger charge is 2.51. The van der Waals surface area contributed by atoms with E-state index in [4.69, 9.17) is 23.7 Å². The van der Waals surface area contributed by atoms with Crippen molar-refractivity contribution in [1.29, 1.82) is 0 Å². The summed E-state index contributed by atoms with van der Waals surface area (Å²) < 4.78 is 27.6. The molecule has 1 N–H and O–H groups in total. The first-order valence-corrected chi connectivity index (χ1v) is 10.7. The largest absolute Gasteiger partial charge is 0.463 e. The van der Waals surface area contributed by atoms with Crippen molar-refractivity contribution < 1.29 is 42.9 Å². The minimum atomic E-state index is -1.11.